The number of carbonyl (C=O) groups is 1. The summed E-state index contributed by atoms with van der Waals surface area (Å²) >= 11 is 0. The van der Waals surface area contributed by atoms with Gasteiger partial charge < -0.3 is 40.3 Å². The summed E-state index contributed by atoms with van der Waals surface area (Å²) in [6, 6.07) is -0.795. The van der Waals surface area contributed by atoms with E-state index in [1.807, 2.05) is 13.0 Å². The zero-order valence-electron chi connectivity index (χ0n) is 35.7. The summed E-state index contributed by atoms with van der Waals surface area (Å²) in [7, 11) is 0. The molecular weight excluding hydrogens is 695 g/mol. The van der Waals surface area contributed by atoms with Gasteiger partial charge in [0.1, 0.15) is 24.4 Å². The van der Waals surface area contributed by atoms with Gasteiger partial charge in [-0.25, -0.2) is 0 Å². The molecule has 1 heterocycles. The minimum atomic E-state index is -1.56. The highest BCUT2D eigenvalue weighted by Gasteiger charge is 2.44. The lowest BCUT2D eigenvalue weighted by Gasteiger charge is -2.40. The van der Waals surface area contributed by atoms with E-state index in [4.69, 9.17) is 9.47 Å². The molecule has 1 aliphatic heterocycles. The van der Waals surface area contributed by atoms with Crippen molar-refractivity contribution in [2.75, 3.05) is 13.2 Å². The van der Waals surface area contributed by atoms with Crippen molar-refractivity contribution >= 4 is 5.91 Å². The fraction of sp³-hybridized carbons (Fsp3) is 0.935. The average Bonchev–Trinajstić information content (AvgIpc) is 3.19. The Hall–Kier alpha value is -1.07. The zero-order chi connectivity index (χ0) is 40.2. The molecule has 9 nitrogen and oxygen atoms in total. The Morgan fingerprint density at radius 2 is 1.00 bits per heavy atom. The standard InChI is InChI=1S/C46H89NO8/c1-3-5-7-8-9-10-11-12-13-14-15-16-17-18-19-20-21-22-23-24-25-26-27-28-29-30-31-32-33-34-35-40(49)39(47-42(50)36-6-4-2)38-54-46-45(53)44(52)43(51)41(37-48)55-46/h34-35,39-41,43-46,48-49,51-53H,3-33,36-38H2,1-2H3,(H,47,50)/b35-34+. The molecule has 0 spiro atoms. The quantitative estimate of drug-likeness (QED) is 0.0267. The van der Waals surface area contributed by atoms with E-state index in [2.05, 4.69) is 12.2 Å². The van der Waals surface area contributed by atoms with E-state index in [1.54, 1.807) is 6.08 Å². The van der Waals surface area contributed by atoms with Crippen molar-refractivity contribution in [2.24, 2.45) is 0 Å². The summed E-state index contributed by atoms with van der Waals surface area (Å²) in [5.74, 6) is -0.211. The van der Waals surface area contributed by atoms with Gasteiger partial charge in [-0.15, -0.1) is 0 Å². The number of allylic oxidation sites excluding steroid dienone is 1. The average molecular weight is 784 g/mol. The van der Waals surface area contributed by atoms with Crippen LogP contribution >= 0.6 is 0 Å². The van der Waals surface area contributed by atoms with Crippen molar-refractivity contribution in [3.63, 3.8) is 0 Å². The molecule has 326 valence electrons. The minimum Gasteiger partial charge on any atom is -0.394 e. The molecule has 0 aromatic heterocycles. The summed E-state index contributed by atoms with van der Waals surface area (Å²) in [4.78, 5) is 12.4. The smallest absolute Gasteiger partial charge is 0.220 e. The van der Waals surface area contributed by atoms with Gasteiger partial charge in [-0.3, -0.25) is 4.79 Å². The van der Waals surface area contributed by atoms with Crippen LogP contribution in [0.3, 0.4) is 0 Å². The normalized spacial score (nSPS) is 21.3. The van der Waals surface area contributed by atoms with Crippen molar-refractivity contribution in [3.8, 4) is 0 Å². The van der Waals surface area contributed by atoms with Crippen molar-refractivity contribution in [3.05, 3.63) is 12.2 Å². The van der Waals surface area contributed by atoms with Crippen molar-refractivity contribution in [1.82, 2.24) is 5.32 Å². The van der Waals surface area contributed by atoms with Crippen molar-refractivity contribution in [1.29, 1.82) is 0 Å². The second kappa shape index (κ2) is 37.2. The molecule has 9 heteroatoms. The molecule has 1 amide bonds. The Kier molecular flexibility index (Phi) is 35.2. The highest BCUT2D eigenvalue weighted by Crippen LogP contribution is 2.23. The van der Waals surface area contributed by atoms with Crippen LogP contribution in [0.15, 0.2) is 12.2 Å². The first-order valence-electron chi connectivity index (χ1n) is 23.4. The number of nitrogens with one attached hydrogen (secondary N) is 1. The number of ether oxygens (including phenoxy) is 2. The van der Waals surface area contributed by atoms with E-state index < -0.39 is 49.5 Å². The molecule has 1 rings (SSSR count). The fourth-order valence-electron chi connectivity index (χ4n) is 7.55. The van der Waals surface area contributed by atoms with Gasteiger partial charge in [0, 0.05) is 6.42 Å². The summed E-state index contributed by atoms with van der Waals surface area (Å²) in [5, 5.41) is 53.5. The zero-order valence-corrected chi connectivity index (χ0v) is 35.7. The van der Waals surface area contributed by atoms with Crippen LogP contribution in [-0.2, 0) is 14.3 Å². The topological polar surface area (TPSA) is 149 Å². The van der Waals surface area contributed by atoms with E-state index in [0.717, 1.165) is 32.1 Å². The molecule has 7 unspecified atom stereocenters. The number of aliphatic hydroxyl groups is 5. The number of hydrogen-bond acceptors (Lipinski definition) is 8. The maximum atomic E-state index is 12.4. The van der Waals surface area contributed by atoms with Gasteiger partial charge >= 0.3 is 0 Å². The molecule has 0 radical (unpaired) electrons. The van der Waals surface area contributed by atoms with Crippen LogP contribution in [0.2, 0.25) is 0 Å². The van der Waals surface area contributed by atoms with E-state index in [9.17, 15) is 30.3 Å². The predicted molar refractivity (Wildman–Crippen MR) is 226 cm³/mol. The van der Waals surface area contributed by atoms with Crippen LogP contribution in [0.4, 0.5) is 0 Å². The van der Waals surface area contributed by atoms with E-state index in [-0.39, 0.29) is 12.5 Å². The van der Waals surface area contributed by atoms with E-state index in [1.165, 1.54) is 167 Å². The number of rotatable bonds is 39. The molecular formula is C46H89NO8. The van der Waals surface area contributed by atoms with Crippen LogP contribution < -0.4 is 5.32 Å². The first kappa shape index (κ1) is 51.9. The third-order valence-electron chi connectivity index (χ3n) is 11.4. The second-order valence-corrected chi connectivity index (χ2v) is 16.6. The third kappa shape index (κ3) is 28.1. The number of amides is 1. The fourth-order valence-corrected chi connectivity index (χ4v) is 7.55. The van der Waals surface area contributed by atoms with Crippen LogP contribution in [0.5, 0.6) is 0 Å². The molecule has 7 atom stereocenters. The highest BCUT2D eigenvalue weighted by atomic mass is 16.7. The summed E-state index contributed by atoms with van der Waals surface area (Å²) in [6.07, 6.45) is 37.0. The molecule has 6 N–H and O–H groups in total. The van der Waals surface area contributed by atoms with Gasteiger partial charge in [-0.05, 0) is 19.3 Å². The highest BCUT2D eigenvalue weighted by molar-refractivity contribution is 5.76. The molecule has 1 fully saturated rings. The molecule has 0 aliphatic carbocycles. The maximum absolute atomic E-state index is 12.4. The lowest BCUT2D eigenvalue weighted by Crippen LogP contribution is -2.60. The summed E-state index contributed by atoms with van der Waals surface area (Å²) < 4.78 is 11.0. The third-order valence-corrected chi connectivity index (χ3v) is 11.4. The number of hydrogen-bond donors (Lipinski definition) is 6. The molecule has 1 saturated heterocycles. The SMILES string of the molecule is CCCCCCCCCCCCCCCCCCCCCCCCCCCCCC/C=C/C(O)C(COC1OC(CO)C(O)C(O)C1O)NC(=O)CCCC. The monoisotopic (exact) mass is 784 g/mol. The van der Waals surface area contributed by atoms with Crippen molar-refractivity contribution < 1.29 is 39.8 Å². The van der Waals surface area contributed by atoms with Gasteiger partial charge in [0.15, 0.2) is 6.29 Å². The number of carbonyl (C=O) groups excluding carboxylic acids is 1. The lowest BCUT2D eigenvalue weighted by molar-refractivity contribution is -0.302. The largest absolute Gasteiger partial charge is 0.394 e. The first-order chi connectivity index (χ1) is 26.8. The molecule has 0 aromatic carbocycles. The van der Waals surface area contributed by atoms with Crippen LogP contribution in [-0.4, -0.2) is 87.5 Å². The lowest BCUT2D eigenvalue weighted by atomic mass is 9.99. The predicted octanol–water partition coefficient (Wildman–Crippen LogP) is 9.73. The maximum Gasteiger partial charge on any atom is 0.220 e. The molecule has 0 saturated carbocycles. The Morgan fingerprint density at radius 1 is 0.600 bits per heavy atom. The minimum absolute atomic E-state index is 0.189. The summed E-state index contributed by atoms with van der Waals surface area (Å²) in [6.45, 7) is 3.54. The van der Waals surface area contributed by atoms with Gasteiger partial charge in [0.05, 0.1) is 25.4 Å². The number of aliphatic hydroxyl groups excluding tert-OH is 5. The van der Waals surface area contributed by atoms with Crippen LogP contribution in [0, 0.1) is 0 Å². The second-order valence-electron chi connectivity index (χ2n) is 16.6. The van der Waals surface area contributed by atoms with E-state index >= 15 is 0 Å². The Balaban J connectivity index is 2.00. The van der Waals surface area contributed by atoms with Gasteiger partial charge in [0.2, 0.25) is 5.91 Å². The van der Waals surface area contributed by atoms with Gasteiger partial charge in [-0.1, -0.05) is 206 Å². The van der Waals surface area contributed by atoms with Crippen LogP contribution in [0.1, 0.15) is 219 Å². The summed E-state index contributed by atoms with van der Waals surface area (Å²) in [5.41, 5.74) is 0. The first-order valence-corrected chi connectivity index (χ1v) is 23.4. The molecule has 55 heavy (non-hydrogen) atoms. The van der Waals surface area contributed by atoms with Crippen LogP contribution in [0.25, 0.3) is 0 Å². The molecule has 0 aromatic rings. The Bertz CT molecular complexity index is 873. The van der Waals surface area contributed by atoms with Gasteiger partial charge in [0.25, 0.3) is 0 Å². The number of unbranched alkanes of at least 4 members (excludes halogenated alkanes) is 29. The van der Waals surface area contributed by atoms with Crippen molar-refractivity contribution in [2.45, 2.75) is 262 Å². The molecule has 1 aliphatic rings. The van der Waals surface area contributed by atoms with E-state index in [0.29, 0.717) is 6.42 Å². The Morgan fingerprint density at radius 3 is 1.40 bits per heavy atom. The Labute approximate surface area is 337 Å². The molecule has 0 bridgehead atoms. The van der Waals surface area contributed by atoms with Gasteiger partial charge in [-0.2, -0.15) is 0 Å².